The number of sulfonamides is 1. The summed E-state index contributed by atoms with van der Waals surface area (Å²) in [6.07, 6.45) is 0.658. The van der Waals surface area contributed by atoms with E-state index in [9.17, 15) is 21.6 Å². The standard InChI is InChI=1S/C12H15F3N2O3S/c1-17(8-4-5-16-7-8)21(18,19)9-2-3-11(10(13)6-9)20-12(14)15/h2-3,6,8,12,16H,4-5,7H2,1H3. The van der Waals surface area contributed by atoms with Crippen LogP contribution in [0.3, 0.4) is 0 Å². The van der Waals surface area contributed by atoms with Crippen molar-refractivity contribution in [1.82, 2.24) is 9.62 Å². The van der Waals surface area contributed by atoms with E-state index in [2.05, 4.69) is 10.1 Å². The van der Waals surface area contributed by atoms with Crippen molar-refractivity contribution in [3.05, 3.63) is 24.0 Å². The lowest BCUT2D eigenvalue weighted by Crippen LogP contribution is -2.38. The van der Waals surface area contributed by atoms with Crippen molar-refractivity contribution in [2.75, 3.05) is 20.1 Å². The van der Waals surface area contributed by atoms with Crippen molar-refractivity contribution in [1.29, 1.82) is 0 Å². The van der Waals surface area contributed by atoms with E-state index in [4.69, 9.17) is 0 Å². The van der Waals surface area contributed by atoms with Crippen LogP contribution in [0, 0.1) is 5.82 Å². The zero-order valence-corrected chi connectivity index (χ0v) is 12.0. The highest BCUT2D eigenvalue weighted by atomic mass is 32.2. The van der Waals surface area contributed by atoms with Gasteiger partial charge in [0.25, 0.3) is 0 Å². The van der Waals surface area contributed by atoms with Crippen molar-refractivity contribution in [2.24, 2.45) is 0 Å². The molecule has 5 nitrogen and oxygen atoms in total. The Morgan fingerprint density at radius 3 is 2.67 bits per heavy atom. The predicted molar refractivity (Wildman–Crippen MR) is 69.3 cm³/mol. The third kappa shape index (κ3) is 3.47. The number of halogens is 3. The van der Waals surface area contributed by atoms with Gasteiger partial charge in [-0.3, -0.25) is 0 Å². The Labute approximate surface area is 120 Å². The lowest BCUT2D eigenvalue weighted by molar-refractivity contribution is -0.0522. The fourth-order valence-corrected chi connectivity index (χ4v) is 3.54. The Hall–Kier alpha value is -1.32. The minimum atomic E-state index is -3.88. The number of benzene rings is 1. The van der Waals surface area contributed by atoms with Crippen LogP contribution in [0.5, 0.6) is 5.75 Å². The smallest absolute Gasteiger partial charge is 0.387 e. The van der Waals surface area contributed by atoms with Crippen LogP contribution in [0.25, 0.3) is 0 Å². The average molecular weight is 324 g/mol. The van der Waals surface area contributed by atoms with Gasteiger partial charge < -0.3 is 10.1 Å². The maximum absolute atomic E-state index is 13.6. The average Bonchev–Trinajstić information content (AvgIpc) is 2.93. The second kappa shape index (κ2) is 6.20. The second-order valence-electron chi connectivity index (χ2n) is 4.64. The summed E-state index contributed by atoms with van der Waals surface area (Å²) in [7, 11) is -2.47. The normalized spacial score (nSPS) is 19.4. The van der Waals surface area contributed by atoms with Gasteiger partial charge in [0, 0.05) is 19.6 Å². The molecule has 1 N–H and O–H groups in total. The molecule has 0 spiro atoms. The Balaban J connectivity index is 2.25. The SMILES string of the molecule is CN(C1CCNC1)S(=O)(=O)c1ccc(OC(F)F)c(F)c1. The minimum absolute atomic E-state index is 0.213. The molecular formula is C12H15F3N2O3S. The number of rotatable bonds is 5. The Morgan fingerprint density at radius 2 is 2.14 bits per heavy atom. The lowest BCUT2D eigenvalue weighted by Gasteiger charge is -2.23. The fraction of sp³-hybridized carbons (Fsp3) is 0.500. The predicted octanol–water partition coefficient (Wildman–Crippen LogP) is 1.41. The van der Waals surface area contributed by atoms with Gasteiger partial charge in [0.1, 0.15) is 0 Å². The number of hydrogen-bond acceptors (Lipinski definition) is 4. The number of hydrogen-bond donors (Lipinski definition) is 1. The molecule has 0 aromatic heterocycles. The van der Waals surface area contributed by atoms with Crippen molar-refractivity contribution in [3.63, 3.8) is 0 Å². The first-order chi connectivity index (χ1) is 9.82. The van der Waals surface area contributed by atoms with Crippen molar-refractivity contribution in [3.8, 4) is 5.75 Å². The summed E-state index contributed by atoms with van der Waals surface area (Å²) in [6, 6.07) is 2.41. The van der Waals surface area contributed by atoms with E-state index in [0.717, 1.165) is 16.4 Å². The number of ether oxygens (including phenoxy) is 1. The number of alkyl halides is 2. The summed E-state index contributed by atoms with van der Waals surface area (Å²) >= 11 is 0. The summed E-state index contributed by atoms with van der Waals surface area (Å²) in [5, 5.41) is 3.04. The van der Waals surface area contributed by atoms with Crippen LogP contribution < -0.4 is 10.1 Å². The highest BCUT2D eigenvalue weighted by Crippen LogP contribution is 2.25. The van der Waals surface area contributed by atoms with Gasteiger partial charge in [-0.2, -0.15) is 13.1 Å². The fourth-order valence-electron chi connectivity index (χ4n) is 2.15. The van der Waals surface area contributed by atoms with E-state index < -0.39 is 28.2 Å². The molecule has 0 amide bonds. The van der Waals surface area contributed by atoms with Gasteiger partial charge in [-0.15, -0.1) is 0 Å². The summed E-state index contributed by atoms with van der Waals surface area (Å²) in [5.74, 6) is -1.83. The second-order valence-corrected chi connectivity index (χ2v) is 6.64. The Morgan fingerprint density at radius 1 is 1.43 bits per heavy atom. The quantitative estimate of drug-likeness (QED) is 0.890. The highest BCUT2D eigenvalue weighted by molar-refractivity contribution is 7.89. The van der Waals surface area contributed by atoms with Gasteiger partial charge in [-0.05, 0) is 31.2 Å². The molecule has 1 fully saturated rings. The minimum Gasteiger partial charge on any atom is -0.432 e. The van der Waals surface area contributed by atoms with Gasteiger partial charge >= 0.3 is 6.61 Å². The van der Waals surface area contributed by atoms with Gasteiger partial charge in [-0.25, -0.2) is 12.8 Å². The molecule has 21 heavy (non-hydrogen) atoms. The molecule has 9 heteroatoms. The molecule has 1 saturated heterocycles. The molecular weight excluding hydrogens is 309 g/mol. The zero-order chi connectivity index (χ0) is 15.6. The Kier molecular flexibility index (Phi) is 4.74. The van der Waals surface area contributed by atoms with E-state index in [1.54, 1.807) is 0 Å². The Bertz CT molecular complexity index is 604. The van der Waals surface area contributed by atoms with Crippen molar-refractivity contribution in [2.45, 2.75) is 24.0 Å². The molecule has 0 radical (unpaired) electrons. The van der Waals surface area contributed by atoms with Crippen LogP contribution >= 0.6 is 0 Å². The molecule has 1 atom stereocenters. The summed E-state index contributed by atoms with van der Waals surface area (Å²) < 4.78 is 67.5. The number of likely N-dealkylation sites (N-methyl/N-ethyl adjacent to an activating group) is 1. The molecule has 1 aliphatic heterocycles. The lowest BCUT2D eigenvalue weighted by atomic mass is 10.3. The van der Waals surface area contributed by atoms with Crippen LogP contribution in [0.1, 0.15) is 6.42 Å². The molecule has 1 aromatic carbocycles. The van der Waals surface area contributed by atoms with Crippen LogP contribution in [0.15, 0.2) is 23.1 Å². The molecule has 2 rings (SSSR count). The largest absolute Gasteiger partial charge is 0.432 e. The molecule has 0 aliphatic carbocycles. The first-order valence-electron chi connectivity index (χ1n) is 6.25. The number of nitrogens with zero attached hydrogens (tertiary/aromatic N) is 1. The van der Waals surface area contributed by atoms with Crippen molar-refractivity contribution >= 4 is 10.0 Å². The zero-order valence-electron chi connectivity index (χ0n) is 11.2. The third-order valence-corrected chi connectivity index (χ3v) is 5.25. The van der Waals surface area contributed by atoms with E-state index in [-0.39, 0.29) is 10.9 Å². The van der Waals surface area contributed by atoms with E-state index >= 15 is 0 Å². The summed E-state index contributed by atoms with van der Waals surface area (Å²) in [4.78, 5) is -0.295. The molecule has 0 saturated carbocycles. The molecule has 1 unspecified atom stereocenters. The van der Waals surface area contributed by atoms with Gasteiger partial charge in [0.05, 0.1) is 4.90 Å². The van der Waals surface area contributed by atoms with E-state index in [1.807, 2.05) is 0 Å². The first-order valence-corrected chi connectivity index (χ1v) is 7.69. The number of nitrogens with one attached hydrogen (secondary N) is 1. The van der Waals surface area contributed by atoms with Crippen LogP contribution in [0.2, 0.25) is 0 Å². The van der Waals surface area contributed by atoms with Crippen LogP contribution in [-0.2, 0) is 10.0 Å². The maximum atomic E-state index is 13.6. The molecule has 1 aromatic rings. The monoisotopic (exact) mass is 324 g/mol. The maximum Gasteiger partial charge on any atom is 0.387 e. The first kappa shape index (κ1) is 16.1. The molecule has 118 valence electrons. The summed E-state index contributed by atoms with van der Waals surface area (Å²) in [6.45, 7) is -1.95. The van der Waals surface area contributed by atoms with Gasteiger partial charge in [0.15, 0.2) is 11.6 Å². The van der Waals surface area contributed by atoms with Crippen LogP contribution in [-0.4, -0.2) is 45.5 Å². The molecule has 1 aliphatic rings. The molecule has 0 bridgehead atoms. The third-order valence-electron chi connectivity index (χ3n) is 3.34. The van der Waals surface area contributed by atoms with Crippen molar-refractivity contribution < 1.29 is 26.3 Å². The highest BCUT2D eigenvalue weighted by Gasteiger charge is 2.30. The van der Waals surface area contributed by atoms with Gasteiger partial charge in [0.2, 0.25) is 10.0 Å². The van der Waals surface area contributed by atoms with Crippen LogP contribution in [0.4, 0.5) is 13.2 Å². The van der Waals surface area contributed by atoms with Gasteiger partial charge in [-0.1, -0.05) is 0 Å². The van der Waals surface area contributed by atoms with E-state index in [0.29, 0.717) is 25.6 Å². The molecule has 1 heterocycles. The topological polar surface area (TPSA) is 58.6 Å². The van der Waals surface area contributed by atoms with E-state index in [1.165, 1.54) is 7.05 Å². The summed E-state index contributed by atoms with van der Waals surface area (Å²) in [5.41, 5.74) is 0.